The summed E-state index contributed by atoms with van der Waals surface area (Å²) in [6.45, 7) is 0. The monoisotopic (exact) mass is 139 g/mol. The molecule has 0 spiro atoms. The van der Waals surface area contributed by atoms with Gasteiger partial charge < -0.3 is 4.57 Å². The van der Waals surface area contributed by atoms with Crippen molar-refractivity contribution in [1.29, 1.82) is 0 Å². The van der Waals surface area contributed by atoms with Gasteiger partial charge in [0, 0.05) is 6.20 Å². The lowest BCUT2D eigenvalue weighted by Crippen LogP contribution is -1.89. The minimum Gasteiger partial charge on any atom is -0.334 e. The van der Waals surface area contributed by atoms with Crippen molar-refractivity contribution in [3.8, 4) is 0 Å². The van der Waals surface area contributed by atoms with Crippen LogP contribution in [0.5, 0.6) is 0 Å². The number of fused-ring (bicyclic) bond motifs is 1. The molecule has 2 heterocycles. The smallest absolute Gasteiger partial charge is 0.237 e. The van der Waals surface area contributed by atoms with Gasteiger partial charge in [-0.05, 0) is 12.1 Å². The summed E-state index contributed by atoms with van der Waals surface area (Å²) in [5.74, 6) is 0.793. The molecule has 0 saturated heterocycles. The van der Waals surface area contributed by atoms with Gasteiger partial charge in [-0.3, -0.25) is 4.79 Å². The molecule has 0 radical (unpaired) electrons. The average Bonchev–Trinajstić information content (AvgIpc) is 2.35. The zero-order valence-corrected chi connectivity index (χ0v) is 5.52. The molecule has 9 heavy (non-hydrogen) atoms. The first kappa shape index (κ1) is 5.11. The van der Waals surface area contributed by atoms with Gasteiger partial charge in [0.15, 0.2) is 0 Å². The van der Waals surface area contributed by atoms with E-state index in [1.54, 1.807) is 0 Å². The van der Waals surface area contributed by atoms with Crippen LogP contribution in [0.3, 0.4) is 0 Å². The third-order valence-electron chi connectivity index (χ3n) is 1.37. The SMILES string of the molecule is O=C1SCn2cccc21. The summed E-state index contributed by atoms with van der Waals surface area (Å²) in [4.78, 5) is 10.9. The van der Waals surface area contributed by atoms with Crippen LogP contribution in [-0.2, 0) is 5.88 Å². The number of aromatic nitrogens is 1. The Morgan fingerprint density at radius 1 is 1.67 bits per heavy atom. The Balaban J connectivity index is 2.61. The topological polar surface area (TPSA) is 22.0 Å². The first-order chi connectivity index (χ1) is 4.38. The number of nitrogens with zero attached hydrogens (tertiary/aromatic N) is 1. The van der Waals surface area contributed by atoms with Crippen molar-refractivity contribution in [2.45, 2.75) is 5.88 Å². The number of hydrogen-bond acceptors (Lipinski definition) is 2. The van der Waals surface area contributed by atoms with Crippen molar-refractivity contribution in [3.63, 3.8) is 0 Å². The predicted molar refractivity (Wildman–Crippen MR) is 36.4 cm³/mol. The Kier molecular flexibility index (Phi) is 0.931. The molecule has 1 aromatic heterocycles. The summed E-state index contributed by atoms with van der Waals surface area (Å²) in [6.07, 6.45) is 1.92. The second-order valence-corrected chi connectivity index (χ2v) is 2.84. The van der Waals surface area contributed by atoms with Gasteiger partial charge in [-0.25, -0.2) is 0 Å². The Bertz CT molecular complexity index is 253. The highest BCUT2D eigenvalue weighted by atomic mass is 32.2. The van der Waals surface area contributed by atoms with E-state index >= 15 is 0 Å². The molecular weight excluding hydrogens is 134 g/mol. The van der Waals surface area contributed by atoms with Gasteiger partial charge in [0.2, 0.25) is 5.12 Å². The summed E-state index contributed by atoms with van der Waals surface area (Å²) >= 11 is 1.36. The summed E-state index contributed by atoms with van der Waals surface area (Å²) < 4.78 is 1.95. The van der Waals surface area contributed by atoms with Gasteiger partial charge in [0.05, 0.1) is 11.6 Å². The van der Waals surface area contributed by atoms with Crippen molar-refractivity contribution in [2.24, 2.45) is 0 Å². The zero-order valence-electron chi connectivity index (χ0n) is 4.70. The molecule has 1 aliphatic rings. The quantitative estimate of drug-likeness (QED) is 0.541. The molecule has 1 aromatic rings. The van der Waals surface area contributed by atoms with Crippen molar-refractivity contribution >= 4 is 16.9 Å². The van der Waals surface area contributed by atoms with E-state index in [-0.39, 0.29) is 5.12 Å². The molecule has 1 aliphatic heterocycles. The largest absolute Gasteiger partial charge is 0.334 e. The maximum absolute atomic E-state index is 10.9. The minimum absolute atomic E-state index is 0.194. The zero-order chi connectivity index (χ0) is 6.27. The fourth-order valence-electron chi connectivity index (χ4n) is 0.914. The van der Waals surface area contributed by atoms with E-state index in [1.807, 2.05) is 22.9 Å². The van der Waals surface area contributed by atoms with Gasteiger partial charge in [-0.15, -0.1) is 0 Å². The van der Waals surface area contributed by atoms with Gasteiger partial charge in [-0.1, -0.05) is 11.8 Å². The van der Waals surface area contributed by atoms with Crippen LogP contribution in [0.4, 0.5) is 0 Å². The van der Waals surface area contributed by atoms with E-state index in [0.29, 0.717) is 0 Å². The predicted octanol–water partition coefficient (Wildman–Crippen LogP) is 1.33. The van der Waals surface area contributed by atoms with E-state index < -0.39 is 0 Å². The normalized spacial score (nSPS) is 16.2. The molecular formula is C6H5NOS. The second-order valence-electron chi connectivity index (χ2n) is 1.92. The van der Waals surface area contributed by atoms with E-state index in [2.05, 4.69) is 0 Å². The first-order valence-electron chi connectivity index (χ1n) is 2.70. The average molecular weight is 139 g/mol. The molecule has 46 valence electrons. The van der Waals surface area contributed by atoms with Crippen molar-refractivity contribution in [2.75, 3.05) is 0 Å². The number of carbonyl (C=O) groups is 1. The molecule has 0 fully saturated rings. The van der Waals surface area contributed by atoms with Crippen LogP contribution in [0.15, 0.2) is 18.3 Å². The van der Waals surface area contributed by atoms with Crippen molar-refractivity contribution < 1.29 is 4.79 Å². The van der Waals surface area contributed by atoms with Crippen molar-refractivity contribution in [1.82, 2.24) is 4.57 Å². The van der Waals surface area contributed by atoms with E-state index in [4.69, 9.17) is 0 Å². The molecule has 0 aliphatic carbocycles. The number of thioether (sulfide) groups is 1. The molecule has 0 unspecified atom stereocenters. The van der Waals surface area contributed by atoms with E-state index in [1.165, 1.54) is 11.8 Å². The lowest BCUT2D eigenvalue weighted by Gasteiger charge is -1.87. The van der Waals surface area contributed by atoms with Crippen LogP contribution in [0.25, 0.3) is 0 Å². The molecule has 0 bridgehead atoms. The Labute approximate surface area is 56.9 Å². The molecule has 0 saturated carbocycles. The van der Waals surface area contributed by atoms with E-state index in [0.717, 1.165) is 11.6 Å². The molecule has 0 atom stereocenters. The first-order valence-corrected chi connectivity index (χ1v) is 3.69. The van der Waals surface area contributed by atoms with Crippen LogP contribution < -0.4 is 0 Å². The summed E-state index contributed by atoms with van der Waals surface area (Å²) in [5.41, 5.74) is 0.833. The fourth-order valence-corrected chi connectivity index (χ4v) is 1.73. The summed E-state index contributed by atoms with van der Waals surface area (Å²) in [5, 5.41) is 0.194. The molecule has 0 aromatic carbocycles. The molecule has 0 amide bonds. The van der Waals surface area contributed by atoms with Gasteiger partial charge in [-0.2, -0.15) is 0 Å². The van der Waals surface area contributed by atoms with Crippen LogP contribution in [0, 0.1) is 0 Å². The summed E-state index contributed by atoms with van der Waals surface area (Å²) in [7, 11) is 0. The lowest BCUT2D eigenvalue weighted by molar-refractivity contribution is 0.108. The summed E-state index contributed by atoms with van der Waals surface area (Å²) in [6, 6.07) is 3.75. The second kappa shape index (κ2) is 1.64. The van der Waals surface area contributed by atoms with E-state index in [9.17, 15) is 4.79 Å². The number of carbonyl (C=O) groups excluding carboxylic acids is 1. The van der Waals surface area contributed by atoms with Crippen LogP contribution >= 0.6 is 11.8 Å². The van der Waals surface area contributed by atoms with Gasteiger partial charge >= 0.3 is 0 Å². The van der Waals surface area contributed by atoms with Crippen LogP contribution in [0.1, 0.15) is 10.5 Å². The standard InChI is InChI=1S/C6H5NOS/c8-6-5-2-1-3-7(5)4-9-6/h1-3H,4H2. The molecule has 3 heteroatoms. The molecule has 0 N–H and O–H groups in total. The number of rotatable bonds is 0. The van der Waals surface area contributed by atoms with Crippen LogP contribution in [0.2, 0.25) is 0 Å². The Morgan fingerprint density at radius 2 is 2.56 bits per heavy atom. The Hall–Kier alpha value is -0.700. The van der Waals surface area contributed by atoms with Gasteiger partial charge in [0.1, 0.15) is 0 Å². The molecule has 2 nitrogen and oxygen atoms in total. The highest BCUT2D eigenvalue weighted by Gasteiger charge is 2.17. The third-order valence-corrected chi connectivity index (χ3v) is 2.25. The third kappa shape index (κ3) is 0.612. The minimum atomic E-state index is 0.194. The fraction of sp³-hybridized carbons (Fsp3) is 0.167. The van der Waals surface area contributed by atoms with Gasteiger partial charge in [0.25, 0.3) is 0 Å². The maximum atomic E-state index is 10.9. The van der Waals surface area contributed by atoms with Crippen LogP contribution in [-0.4, -0.2) is 9.68 Å². The lowest BCUT2D eigenvalue weighted by atomic mass is 10.5. The van der Waals surface area contributed by atoms with Crippen molar-refractivity contribution in [3.05, 3.63) is 24.0 Å². The highest BCUT2D eigenvalue weighted by Crippen LogP contribution is 2.23. The Morgan fingerprint density at radius 3 is 3.33 bits per heavy atom. The maximum Gasteiger partial charge on any atom is 0.237 e. The molecule has 2 rings (SSSR count). The highest BCUT2D eigenvalue weighted by molar-refractivity contribution is 8.13. The number of hydrogen-bond donors (Lipinski definition) is 0.